The molecule has 28 heavy (non-hydrogen) atoms. The number of aliphatic imine (C=N–C) groups is 1. The maximum absolute atomic E-state index is 5.99. The third kappa shape index (κ3) is 6.32. The van der Waals surface area contributed by atoms with Gasteiger partial charge in [0, 0.05) is 63.6 Å². The Hall–Kier alpha value is -2.44. The fraction of sp³-hybridized carbons (Fsp3) is 0.455. The highest BCUT2D eigenvalue weighted by Crippen LogP contribution is 2.24. The molecule has 0 spiro atoms. The highest BCUT2D eigenvalue weighted by atomic mass is 15.3. The number of nitrogens with one attached hydrogen (secondary N) is 1. The predicted octanol–water partition coefficient (Wildman–Crippen LogP) is 1.91. The van der Waals surface area contributed by atoms with Crippen LogP contribution in [0, 0.1) is 0 Å². The average molecular weight is 381 g/mol. The van der Waals surface area contributed by atoms with Crippen molar-refractivity contribution in [1.29, 1.82) is 0 Å². The largest absolute Gasteiger partial charge is 0.370 e. The fourth-order valence-corrected chi connectivity index (χ4v) is 3.61. The molecular weight excluding hydrogens is 348 g/mol. The van der Waals surface area contributed by atoms with Gasteiger partial charge in [0.1, 0.15) is 0 Å². The van der Waals surface area contributed by atoms with Crippen LogP contribution in [0.1, 0.15) is 23.7 Å². The van der Waals surface area contributed by atoms with E-state index in [0.29, 0.717) is 12.0 Å². The summed E-state index contributed by atoms with van der Waals surface area (Å²) in [6, 6.07) is 17.2. The van der Waals surface area contributed by atoms with Crippen LogP contribution in [-0.4, -0.2) is 67.1 Å². The number of hydrogen-bond donors (Lipinski definition) is 2. The Morgan fingerprint density at radius 1 is 1.18 bits per heavy atom. The molecule has 1 fully saturated rings. The molecule has 1 aliphatic heterocycles. The smallest absolute Gasteiger partial charge is 0.188 e. The number of nitrogens with zero attached hydrogens (tertiary/aromatic N) is 4. The third-order valence-corrected chi connectivity index (χ3v) is 5.18. The lowest BCUT2D eigenvalue weighted by Gasteiger charge is -2.40. The van der Waals surface area contributed by atoms with Gasteiger partial charge in [-0.25, -0.2) is 0 Å². The molecule has 1 unspecified atom stereocenters. The standard InChI is InChI=1S/C22H32N6/c1-27-16-17-28(21(18-27)19-8-3-2-4-9-19)15-7-13-25-22(23)26-14-11-20-10-5-6-12-24-20/h2-6,8-10,12,21H,7,11,13-18H2,1H3,(H3,23,25,26). The molecule has 2 aromatic rings. The molecule has 0 aliphatic carbocycles. The van der Waals surface area contributed by atoms with Crippen molar-refractivity contribution in [2.24, 2.45) is 10.7 Å². The summed E-state index contributed by atoms with van der Waals surface area (Å²) in [6.07, 6.45) is 3.67. The number of hydrogen-bond acceptors (Lipinski definition) is 4. The Balaban J connectivity index is 1.41. The van der Waals surface area contributed by atoms with Crippen molar-refractivity contribution in [3.05, 3.63) is 66.0 Å². The average Bonchev–Trinajstić information content (AvgIpc) is 2.73. The van der Waals surface area contributed by atoms with E-state index in [9.17, 15) is 0 Å². The third-order valence-electron chi connectivity index (χ3n) is 5.18. The first-order valence-electron chi connectivity index (χ1n) is 10.1. The second-order valence-electron chi connectivity index (χ2n) is 7.34. The first kappa shape index (κ1) is 20.3. The van der Waals surface area contributed by atoms with Crippen LogP contribution in [-0.2, 0) is 6.42 Å². The molecule has 1 atom stereocenters. The summed E-state index contributed by atoms with van der Waals surface area (Å²) in [6.45, 7) is 5.82. The Bertz CT molecular complexity index is 718. The van der Waals surface area contributed by atoms with E-state index >= 15 is 0 Å². The van der Waals surface area contributed by atoms with Crippen LogP contribution in [0.5, 0.6) is 0 Å². The summed E-state index contributed by atoms with van der Waals surface area (Å²) in [5.74, 6) is 0.522. The first-order valence-corrected chi connectivity index (χ1v) is 10.1. The van der Waals surface area contributed by atoms with Gasteiger partial charge >= 0.3 is 0 Å². The molecular formula is C22H32N6. The molecule has 6 nitrogen and oxygen atoms in total. The van der Waals surface area contributed by atoms with Crippen LogP contribution in [0.4, 0.5) is 0 Å². The lowest BCUT2D eigenvalue weighted by Crippen LogP contribution is -2.47. The SMILES string of the molecule is CN1CCN(CCCN=C(N)NCCc2ccccn2)C(c2ccccc2)C1. The van der Waals surface area contributed by atoms with Crippen LogP contribution in [0.15, 0.2) is 59.7 Å². The molecule has 0 radical (unpaired) electrons. The van der Waals surface area contributed by atoms with Crippen LogP contribution in [0.3, 0.4) is 0 Å². The molecule has 3 rings (SSSR count). The summed E-state index contributed by atoms with van der Waals surface area (Å²) >= 11 is 0. The van der Waals surface area contributed by atoms with Crippen molar-refractivity contribution in [3.8, 4) is 0 Å². The molecule has 1 aliphatic rings. The minimum atomic E-state index is 0.456. The van der Waals surface area contributed by atoms with Crippen LogP contribution >= 0.6 is 0 Å². The lowest BCUT2D eigenvalue weighted by molar-refractivity contribution is 0.0894. The van der Waals surface area contributed by atoms with Gasteiger partial charge in [-0.3, -0.25) is 14.9 Å². The minimum absolute atomic E-state index is 0.456. The number of pyridine rings is 1. The topological polar surface area (TPSA) is 69.8 Å². The first-order chi connectivity index (χ1) is 13.7. The number of likely N-dealkylation sites (N-methyl/N-ethyl adjacent to an activating group) is 1. The molecule has 1 saturated heterocycles. The Morgan fingerprint density at radius 2 is 2.00 bits per heavy atom. The van der Waals surface area contributed by atoms with Gasteiger partial charge in [0.05, 0.1) is 0 Å². The number of piperazine rings is 1. The number of guanidine groups is 1. The van der Waals surface area contributed by atoms with E-state index < -0.39 is 0 Å². The summed E-state index contributed by atoms with van der Waals surface area (Å²) < 4.78 is 0. The van der Waals surface area contributed by atoms with Gasteiger partial charge in [0.25, 0.3) is 0 Å². The maximum atomic E-state index is 5.99. The molecule has 1 aromatic heterocycles. The van der Waals surface area contributed by atoms with Crippen LogP contribution in [0.2, 0.25) is 0 Å². The van der Waals surface area contributed by atoms with Gasteiger partial charge in [-0.2, -0.15) is 0 Å². The zero-order valence-corrected chi connectivity index (χ0v) is 16.8. The van der Waals surface area contributed by atoms with E-state index in [0.717, 1.165) is 57.8 Å². The van der Waals surface area contributed by atoms with Gasteiger partial charge in [-0.1, -0.05) is 36.4 Å². The summed E-state index contributed by atoms with van der Waals surface area (Å²) in [7, 11) is 2.20. The second kappa shape index (κ2) is 10.8. The number of benzene rings is 1. The van der Waals surface area contributed by atoms with E-state index in [1.165, 1.54) is 5.56 Å². The number of nitrogens with two attached hydrogens (primary N) is 1. The maximum Gasteiger partial charge on any atom is 0.188 e. The quantitative estimate of drug-likeness (QED) is 0.416. The fourth-order valence-electron chi connectivity index (χ4n) is 3.61. The minimum Gasteiger partial charge on any atom is -0.370 e. The Kier molecular flexibility index (Phi) is 7.82. The van der Waals surface area contributed by atoms with Crippen molar-refractivity contribution in [2.75, 3.05) is 46.3 Å². The van der Waals surface area contributed by atoms with Gasteiger partial charge < -0.3 is 16.0 Å². The highest BCUT2D eigenvalue weighted by molar-refractivity contribution is 5.77. The van der Waals surface area contributed by atoms with E-state index in [2.05, 4.69) is 62.5 Å². The lowest BCUT2D eigenvalue weighted by atomic mass is 10.0. The second-order valence-corrected chi connectivity index (χ2v) is 7.34. The van der Waals surface area contributed by atoms with Gasteiger partial charge in [0.2, 0.25) is 0 Å². The van der Waals surface area contributed by atoms with E-state index in [-0.39, 0.29) is 0 Å². The van der Waals surface area contributed by atoms with E-state index in [4.69, 9.17) is 5.73 Å². The van der Waals surface area contributed by atoms with Gasteiger partial charge in [-0.15, -0.1) is 0 Å². The zero-order chi connectivity index (χ0) is 19.6. The van der Waals surface area contributed by atoms with Crippen molar-refractivity contribution < 1.29 is 0 Å². The number of aromatic nitrogens is 1. The zero-order valence-electron chi connectivity index (χ0n) is 16.8. The normalized spacial score (nSPS) is 18.9. The molecule has 6 heteroatoms. The molecule has 150 valence electrons. The molecule has 0 amide bonds. The summed E-state index contributed by atoms with van der Waals surface area (Å²) in [5, 5.41) is 3.18. The monoisotopic (exact) mass is 380 g/mol. The molecule has 1 aromatic carbocycles. The Morgan fingerprint density at radius 3 is 2.79 bits per heavy atom. The van der Waals surface area contributed by atoms with Crippen molar-refractivity contribution in [3.63, 3.8) is 0 Å². The Labute approximate surface area is 168 Å². The van der Waals surface area contributed by atoms with Gasteiger partial charge in [0.15, 0.2) is 5.96 Å². The van der Waals surface area contributed by atoms with Crippen molar-refractivity contribution in [2.45, 2.75) is 18.9 Å². The van der Waals surface area contributed by atoms with Crippen molar-refractivity contribution >= 4 is 5.96 Å². The van der Waals surface area contributed by atoms with Crippen LogP contribution in [0.25, 0.3) is 0 Å². The number of rotatable bonds is 8. The van der Waals surface area contributed by atoms with Crippen molar-refractivity contribution in [1.82, 2.24) is 20.1 Å². The van der Waals surface area contributed by atoms with E-state index in [1.807, 2.05) is 24.4 Å². The predicted molar refractivity (Wildman–Crippen MR) is 115 cm³/mol. The molecule has 2 heterocycles. The highest BCUT2D eigenvalue weighted by Gasteiger charge is 2.25. The van der Waals surface area contributed by atoms with E-state index in [1.54, 1.807) is 0 Å². The summed E-state index contributed by atoms with van der Waals surface area (Å²) in [4.78, 5) is 13.8. The molecule has 3 N–H and O–H groups in total. The molecule has 0 saturated carbocycles. The molecule has 0 bridgehead atoms. The van der Waals surface area contributed by atoms with Crippen LogP contribution < -0.4 is 11.1 Å². The summed E-state index contributed by atoms with van der Waals surface area (Å²) in [5.41, 5.74) is 8.45. The van der Waals surface area contributed by atoms with Gasteiger partial charge in [-0.05, 0) is 31.2 Å².